The molecule has 0 unspecified atom stereocenters. The standard InChI is InChI=1S/C14H10.Mg/c1-2-6-12-10-14-8-4-3-7-13(14)9-11(12)5-1;/h1-10H;/q;+2. The fourth-order valence-electron chi connectivity index (χ4n) is 1.88. The average molecular weight is 203 g/mol. The third-order valence-corrected chi connectivity index (χ3v) is 2.61. The third kappa shape index (κ3) is 1.85. The number of fused-ring (bicyclic) bond motifs is 2. The van der Waals surface area contributed by atoms with Gasteiger partial charge in [-0.15, -0.1) is 0 Å². The summed E-state index contributed by atoms with van der Waals surface area (Å²) in [7, 11) is 0. The quantitative estimate of drug-likeness (QED) is 0.386. The van der Waals surface area contributed by atoms with E-state index in [0.29, 0.717) is 0 Å². The Bertz CT molecular complexity index is 494. The Morgan fingerprint density at radius 1 is 0.467 bits per heavy atom. The Morgan fingerprint density at radius 2 is 0.733 bits per heavy atom. The molecule has 0 radical (unpaired) electrons. The van der Waals surface area contributed by atoms with Crippen molar-refractivity contribution in [3.8, 4) is 0 Å². The van der Waals surface area contributed by atoms with Gasteiger partial charge in [0.25, 0.3) is 0 Å². The molecule has 0 saturated heterocycles. The summed E-state index contributed by atoms with van der Waals surface area (Å²) in [4.78, 5) is 0. The molecule has 15 heavy (non-hydrogen) atoms. The minimum absolute atomic E-state index is 0. The molecule has 0 atom stereocenters. The number of hydrogen-bond acceptors (Lipinski definition) is 0. The van der Waals surface area contributed by atoms with E-state index >= 15 is 0 Å². The molecule has 3 rings (SSSR count). The molecule has 0 nitrogen and oxygen atoms in total. The summed E-state index contributed by atoms with van der Waals surface area (Å²) in [5.74, 6) is 0. The van der Waals surface area contributed by atoms with Gasteiger partial charge in [0, 0.05) is 0 Å². The average Bonchev–Trinajstić information content (AvgIpc) is 2.26. The number of rotatable bonds is 0. The van der Waals surface area contributed by atoms with Crippen LogP contribution in [0.2, 0.25) is 0 Å². The first-order valence-electron chi connectivity index (χ1n) is 4.81. The number of hydrogen-bond donors (Lipinski definition) is 0. The second-order valence-corrected chi connectivity index (χ2v) is 3.55. The molecule has 0 aromatic heterocycles. The van der Waals surface area contributed by atoms with Crippen LogP contribution in [0.3, 0.4) is 0 Å². The summed E-state index contributed by atoms with van der Waals surface area (Å²) < 4.78 is 0. The Balaban J connectivity index is 0.000000853. The van der Waals surface area contributed by atoms with Crippen molar-refractivity contribution in [3.63, 3.8) is 0 Å². The molecule has 0 saturated carbocycles. The minimum atomic E-state index is 0. The van der Waals surface area contributed by atoms with E-state index in [9.17, 15) is 0 Å². The van der Waals surface area contributed by atoms with E-state index in [2.05, 4.69) is 60.7 Å². The van der Waals surface area contributed by atoms with Gasteiger partial charge in [0.1, 0.15) is 0 Å². The molecule has 3 aromatic carbocycles. The summed E-state index contributed by atoms with van der Waals surface area (Å²) in [6.45, 7) is 0. The molecule has 0 aliphatic rings. The minimum Gasteiger partial charge on any atom is -0.0616 e. The monoisotopic (exact) mass is 202 g/mol. The third-order valence-electron chi connectivity index (χ3n) is 2.61. The van der Waals surface area contributed by atoms with Crippen LogP contribution in [-0.2, 0) is 0 Å². The molecule has 0 N–H and O–H groups in total. The van der Waals surface area contributed by atoms with Crippen LogP contribution in [-0.4, -0.2) is 23.1 Å². The molecular weight excluding hydrogens is 192 g/mol. The van der Waals surface area contributed by atoms with Gasteiger partial charge in [-0.2, -0.15) is 0 Å². The van der Waals surface area contributed by atoms with Crippen LogP contribution >= 0.6 is 0 Å². The van der Waals surface area contributed by atoms with Crippen molar-refractivity contribution in [3.05, 3.63) is 60.7 Å². The molecule has 0 fully saturated rings. The van der Waals surface area contributed by atoms with E-state index in [4.69, 9.17) is 0 Å². The van der Waals surface area contributed by atoms with Gasteiger partial charge in [-0.25, -0.2) is 0 Å². The summed E-state index contributed by atoms with van der Waals surface area (Å²) in [6, 6.07) is 21.4. The fraction of sp³-hybridized carbons (Fsp3) is 0. The van der Waals surface area contributed by atoms with Crippen LogP contribution in [0.5, 0.6) is 0 Å². The van der Waals surface area contributed by atoms with E-state index in [1.165, 1.54) is 21.5 Å². The Labute approximate surface area is 105 Å². The molecule has 3 aromatic rings. The zero-order valence-corrected chi connectivity index (χ0v) is 9.89. The van der Waals surface area contributed by atoms with Crippen molar-refractivity contribution in [1.82, 2.24) is 0 Å². The SMILES string of the molecule is [Mg+2].c1ccc2cc3ccccc3cc2c1. The van der Waals surface area contributed by atoms with Crippen LogP contribution in [0.1, 0.15) is 0 Å². The van der Waals surface area contributed by atoms with E-state index in [0.717, 1.165) is 0 Å². The molecule has 1 heteroatoms. The van der Waals surface area contributed by atoms with Gasteiger partial charge in [0.05, 0.1) is 0 Å². The Hall–Kier alpha value is -1.05. The van der Waals surface area contributed by atoms with Crippen molar-refractivity contribution in [2.24, 2.45) is 0 Å². The molecular formula is C14H10Mg+2. The Morgan fingerprint density at radius 3 is 1.00 bits per heavy atom. The van der Waals surface area contributed by atoms with E-state index in [-0.39, 0.29) is 23.1 Å². The second kappa shape index (κ2) is 4.21. The molecule has 0 aliphatic heterocycles. The van der Waals surface area contributed by atoms with Gasteiger partial charge in [-0.3, -0.25) is 0 Å². The van der Waals surface area contributed by atoms with Gasteiger partial charge >= 0.3 is 23.1 Å². The topological polar surface area (TPSA) is 0 Å². The van der Waals surface area contributed by atoms with E-state index in [1.54, 1.807) is 0 Å². The van der Waals surface area contributed by atoms with Crippen molar-refractivity contribution in [2.75, 3.05) is 0 Å². The summed E-state index contributed by atoms with van der Waals surface area (Å²) >= 11 is 0. The second-order valence-electron chi connectivity index (χ2n) is 3.55. The first-order valence-corrected chi connectivity index (χ1v) is 4.81. The molecule has 66 valence electrons. The zero-order chi connectivity index (χ0) is 9.38. The van der Waals surface area contributed by atoms with Gasteiger partial charge in [-0.1, -0.05) is 48.5 Å². The van der Waals surface area contributed by atoms with Crippen molar-refractivity contribution in [1.29, 1.82) is 0 Å². The van der Waals surface area contributed by atoms with Crippen molar-refractivity contribution in [2.45, 2.75) is 0 Å². The molecule has 0 amide bonds. The van der Waals surface area contributed by atoms with Crippen LogP contribution in [0, 0.1) is 0 Å². The van der Waals surface area contributed by atoms with Crippen LogP contribution < -0.4 is 0 Å². The smallest absolute Gasteiger partial charge is 0.0616 e. The van der Waals surface area contributed by atoms with E-state index < -0.39 is 0 Å². The molecule has 0 spiro atoms. The number of benzene rings is 3. The predicted molar refractivity (Wildman–Crippen MR) is 67.2 cm³/mol. The fourth-order valence-corrected chi connectivity index (χ4v) is 1.88. The maximum absolute atomic E-state index is 2.24. The van der Waals surface area contributed by atoms with Crippen LogP contribution in [0.4, 0.5) is 0 Å². The van der Waals surface area contributed by atoms with Gasteiger partial charge in [-0.05, 0) is 33.7 Å². The van der Waals surface area contributed by atoms with Crippen molar-refractivity contribution >= 4 is 44.6 Å². The summed E-state index contributed by atoms with van der Waals surface area (Å²) in [5.41, 5.74) is 0. The zero-order valence-electron chi connectivity index (χ0n) is 8.48. The summed E-state index contributed by atoms with van der Waals surface area (Å²) in [6.07, 6.45) is 0. The molecule has 0 aliphatic carbocycles. The predicted octanol–water partition coefficient (Wildman–Crippen LogP) is 3.61. The van der Waals surface area contributed by atoms with Crippen molar-refractivity contribution < 1.29 is 0 Å². The van der Waals surface area contributed by atoms with Gasteiger partial charge in [0.2, 0.25) is 0 Å². The summed E-state index contributed by atoms with van der Waals surface area (Å²) in [5, 5.41) is 5.25. The first-order chi connectivity index (χ1) is 6.93. The van der Waals surface area contributed by atoms with E-state index in [1.807, 2.05) is 0 Å². The maximum Gasteiger partial charge on any atom is 2.00 e. The van der Waals surface area contributed by atoms with Gasteiger partial charge in [0.15, 0.2) is 0 Å². The Kier molecular flexibility index (Phi) is 2.94. The largest absolute Gasteiger partial charge is 2.00 e. The molecule has 0 bridgehead atoms. The first kappa shape index (κ1) is 10.5. The van der Waals surface area contributed by atoms with Gasteiger partial charge < -0.3 is 0 Å². The normalized spacial score (nSPS) is 10.1. The molecule has 0 heterocycles. The van der Waals surface area contributed by atoms with Crippen LogP contribution in [0.15, 0.2) is 60.7 Å². The maximum atomic E-state index is 2.24. The van der Waals surface area contributed by atoms with Crippen LogP contribution in [0.25, 0.3) is 21.5 Å².